The van der Waals surface area contributed by atoms with Crippen molar-refractivity contribution in [3.8, 4) is 11.3 Å². The topological polar surface area (TPSA) is 175 Å². The van der Waals surface area contributed by atoms with E-state index in [1.807, 2.05) is 49.9 Å². The third-order valence-electron chi connectivity index (χ3n) is 15.1. The number of rotatable bonds is 11. The number of fused-ring (bicyclic) bond motifs is 3. The van der Waals surface area contributed by atoms with Gasteiger partial charge >= 0.3 is 12.2 Å². The number of carbonyl (C=O) groups is 4. The standard InChI is InChI=1S/C46H66N8O6/c1-25(2)37(51-43(57)59-9)41(55)53-29(7)27(5)21-34(53)39-47-23-33(49-39)31-11-13-32(14-12-31)45-15-18-46(19-16-45,20-17-45)36-24-48-40(50-36)35-22-28(6)30(8)54(35)42(56)38(26(3)4)52-44(58)60-10/h11-14,23-30,34-35,37-38H,15-22H2,1-10H3,(H,47,49)(H,48,50)(H,51,57)(H,52,58)/t27-,28-,29-,30-,34+,35+,37+,38+,45?,46?/m1/s1. The molecule has 3 aliphatic carbocycles. The number of aromatic nitrogens is 4. The van der Waals surface area contributed by atoms with Gasteiger partial charge in [0.2, 0.25) is 11.8 Å². The van der Waals surface area contributed by atoms with Crippen LogP contribution in [0, 0.1) is 23.7 Å². The van der Waals surface area contributed by atoms with Gasteiger partial charge in [0.1, 0.15) is 23.7 Å². The van der Waals surface area contributed by atoms with Crippen molar-refractivity contribution < 1.29 is 28.7 Å². The van der Waals surface area contributed by atoms with Crippen LogP contribution in [0.1, 0.15) is 142 Å². The number of H-pyrrole nitrogens is 2. The molecule has 0 unspecified atom stereocenters. The Morgan fingerprint density at radius 1 is 0.667 bits per heavy atom. The molecule has 5 aliphatic rings. The molecule has 326 valence electrons. The van der Waals surface area contributed by atoms with Gasteiger partial charge in [-0.2, -0.15) is 0 Å². The number of benzene rings is 1. The van der Waals surface area contributed by atoms with Crippen LogP contribution in [0.2, 0.25) is 0 Å². The first-order valence-electron chi connectivity index (χ1n) is 22.1. The highest BCUT2D eigenvalue weighted by Gasteiger charge is 2.52. The van der Waals surface area contributed by atoms with Crippen LogP contribution in [0.3, 0.4) is 0 Å². The molecule has 5 fully saturated rings. The summed E-state index contributed by atoms with van der Waals surface area (Å²) >= 11 is 0. The molecule has 2 aliphatic heterocycles. The van der Waals surface area contributed by atoms with E-state index in [1.165, 1.54) is 25.5 Å². The Bertz CT molecular complexity index is 2020. The molecular formula is C46H66N8O6. The van der Waals surface area contributed by atoms with Crippen molar-refractivity contribution in [3.63, 3.8) is 0 Å². The molecule has 4 N–H and O–H groups in total. The molecule has 8 atom stereocenters. The normalized spacial score (nSPS) is 29.8. The lowest BCUT2D eigenvalue weighted by Crippen LogP contribution is -2.53. The van der Waals surface area contributed by atoms with E-state index in [-0.39, 0.29) is 70.5 Å². The molecule has 0 spiro atoms. The molecule has 4 heterocycles. The van der Waals surface area contributed by atoms with Crippen LogP contribution < -0.4 is 10.6 Å². The minimum absolute atomic E-state index is 0.00315. The third-order valence-corrected chi connectivity index (χ3v) is 15.1. The number of nitrogens with zero attached hydrogens (tertiary/aromatic N) is 4. The molecule has 60 heavy (non-hydrogen) atoms. The Morgan fingerprint density at radius 3 is 1.55 bits per heavy atom. The Labute approximate surface area is 354 Å². The zero-order chi connectivity index (χ0) is 43.3. The molecule has 3 saturated carbocycles. The lowest BCUT2D eigenvalue weighted by molar-refractivity contribution is -0.138. The quantitative estimate of drug-likeness (QED) is 0.152. The zero-order valence-corrected chi connectivity index (χ0v) is 37.1. The second-order valence-electron chi connectivity index (χ2n) is 19.1. The van der Waals surface area contributed by atoms with Gasteiger partial charge in [0.05, 0.1) is 38.2 Å². The number of aromatic amines is 2. The lowest BCUT2D eigenvalue weighted by atomic mass is 9.51. The summed E-state index contributed by atoms with van der Waals surface area (Å²) in [4.78, 5) is 73.2. The fourth-order valence-corrected chi connectivity index (χ4v) is 10.8. The second kappa shape index (κ2) is 16.9. The first-order valence-corrected chi connectivity index (χ1v) is 22.1. The number of amides is 4. The lowest BCUT2D eigenvalue weighted by Gasteiger charge is -2.53. The molecule has 14 heteroatoms. The summed E-state index contributed by atoms with van der Waals surface area (Å²) in [6.45, 7) is 16.2. The van der Waals surface area contributed by atoms with Crippen molar-refractivity contribution in [1.29, 1.82) is 0 Å². The summed E-state index contributed by atoms with van der Waals surface area (Å²) in [6.07, 6.45) is 10.7. The highest BCUT2D eigenvalue weighted by Crippen LogP contribution is 2.58. The van der Waals surface area contributed by atoms with Gasteiger partial charge in [-0.3, -0.25) is 9.59 Å². The molecule has 3 aromatic rings. The SMILES string of the molecule is COC(=O)N[C@H](C(=O)N1[C@H](C)[C@H](C)C[C@H]1c1ncc(-c2ccc(C34CCC(c5cnc([C@@H]6C[C@@H](C)[C@@H](C)N6C(=O)[C@@H](NC(=O)OC)C(C)C)[nH]5)(CC3)CC4)cc2)[nH]1)C(C)C. The first kappa shape index (κ1) is 43.2. The Kier molecular flexibility index (Phi) is 12.2. The molecule has 2 aromatic heterocycles. The summed E-state index contributed by atoms with van der Waals surface area (Å²) < 4.78 is 9.68. The zero-order valence-electron chi connectivity index (χ0n) is 37.1. The molecule has 4 amide bonds. The average Bonchev–Trinajstić information content (AvgIpc) is 4.06. The van der Waals surface area contributed by atoms with E-state index in [4.69, 9.17) is 19.4 Å². The number of hydrogen-bond acceptors (Lipinski definition) is 8. The van der Waals surface area contributed by atoms with Gasteiger partial charge < -0.3 is 39.9 Å². The second-order valence-corrected chi connectivity index (χ2v) is 19.1. The van der Waals surface area contributed by atoms with Crippen LogP contribution in [0.4, 0.5) is 9.59 Å². The number of nitrogens with one attached hydrogen (secondary N) is 4. The Morgan fingerprint density at radius 2 is 1.10 bits per heavy atom. The van der Waals surface area contributed by atoms with E-state index in [0.29, 0.717) is 0 Å². The molecule has 2 bridgehead atoms. The van der Waals surface area contributed by atoms with Crippen LogP contribution in [-0.2, 0) is 29.9 Å². The summed E-state index contributed by atoms with van der Waals surface area (Å²) in [5.41, 5.74) is 4.67. The van der Waals surface area contributed by atoms with Crippen molar-refractivity contribution in [2.45, 2.75) is 154 Å². The van der Waals surface area contributed by atoms with Gasteiger partial charge in [0.25, 0.3) is 0 Å². The van der Waals surface area contributed by atoms with E-state index in [1.54, 1.807) is 0 Å². The minimum atomic E-state index is -0.703. The van der Waals surface area contributed by atoms with Crippen LogP contribution in [0.5, 0.6) is 0 Å². The Balaban J connectivity index is 1.03. The maximum atomic E-state index is 14.1. The first-order chi connectivity index (χ1) is 28.5. The van der Waals surface area contributed by atoms with Gasteiger partial charge in [0, 0.05) is 29.4 Å². The Hall–Kier alpha value is -4.88. The number of imidazole rings is 2. The van der Waals surface area contributed by atoms with Crippen LogP contribution in [-0.4, -0.2) is 92.1 Å². The van der Waals surface area contributed by atoms with Gasteiger partial charge in [-0.05, 0) is 105 Å². The van der Waals surface area contributed by atoms with Gasteiger partial charge in [-0.15, -0.1) is 0 Å². The van der Waals surface area contributed by atoms with Crippen LogP contribution in [0.25, 0.3) is 11.3 Å². The van der Waals surface area contributed by atoms with Gasteiger partial charge in [-0.1, -0.05) is 65.8 Å². The number of methoxy groups -OCH3 is 2. The van der Waals surface area contributed by atoms with Gasteiger partial charge in [0.15, 0.2) is 0 Å². The summed E-state index contributed by atoms with van der Waals surface area (Å²) in [6, 6.07) is 7.14. The highest BCUT2D eigenvalue weighted by molar-refractivity contribution is 5.87. The van der Waals surface area contributed by atoms with Crippen molar-refractivity contribution in [2.75, 3.05) is 14.2 Å². The molecule has 2 saturated heterocycles. The third kappa shape index (κ3) is 7.79. The molecule has 0 radical (unpaired) electrons. The average molecular weight is 827 g/mol. The number of carbonyl (C=O) groups excluding carboxylic acids is 4. The van der Waals surface area contributed by atoms with Crippen molar-refractivity contribution >= 4 is 24.0 Å². The minimum Gasteiger partial charge on any atom is -0.453 e. The maximum absolute atomic E-state index is 14.1. The number of ether oxygens (including phenoxy) is 2. The monoisotopic (exact) mass is 827 g/mol. The number of likely N-dealkylation sites (tertiary alicyclic amines) is 2. The predicted octanol–water partition coefficient (Wildman–Crippen LogP) is 7.70. The van der Waals surface area contributed by atoms with E-state index >= 15 is 0 Å². The van der Waals surface area contributed by atoms with Crippen molar-refractivity contribution in [1.82, 2.24) is 40.4 Å². The van der Waals surface area contributed by atoms with E-state index in [2.05, 4.69) is 72.6 Å². The predicted molar refractivity (Wildman–Crippen MR) is 228 cm³/mol. The molecular weight excluding hydrogens is 761 g/mol. The molecule has 1 aromatic carbocycles. The largest absolute Gasteiger partial charge is 0.453 e. The molecule has 8 rings (SSSR count). The van der Waals surface area contributed by atoms with E-state index in [0.717, 1.165) is 74.3 Å². The summed E-state index contributed by atoms with van der Waals surface area (Å²) in [7, 11) is 2.62. The fourth-order valence-electron chi connectivity index (χ4n) is 10.8. The van der Waals surface area contributed by atoms with Crippen LogP contribution in [0.15, 0.2) is 36.7 Å². The molecule has 14 nitrogen and oxygen atoms in total. The number of hydrogen-bond donors (Lipinski definition) is 4. The summed E-state index contributed by atoms with van der Waals surface area (Å²) in [5, 5.41) is 5.53. The van der Waals surface area contributed by atoms with E-state index in [9.17, 15) is 19.2 Å². The van der Waals surface area contributed by atoms with Crippen molar-refractivity contribution in [3.05, 3.63) is 59.6 Å². The van der Waals surface area contributed by atoms with Crippen molar-refractivity contribution in [2.24, 2.45) is 23.7 Å². The maximum Gasteiger partial charge on any atom is 0.407 e. The smallest absolute Gasteiger partial charge is 0.407 e. The van der Waals surface area contributed by atoms with Gasteiger partial charge in [-0.25, -0.2) is 19.6 Å². The number of alkyl carbamates (subject to hydrolysis) is 2. The fraction of sp³-hybridized carbons (Fsp3) is 0.652. The van der Waals surface area contributed by atoms with Crippen LogP contribution >= 0.6 is 0 Å². The van der Waals surface area contributed by atoms with E-state index < -0.39 is 24.3 Å². The highest BCUT2D eigenvalue weighted by atomic mass is 16.5. The summed E-state index contributed by atoms with van der Waals surface area (Å²) in [5.74, 6) is 1.68.